The summed E-state index contributed by atoms with van der Waals surface area (Å²) in [6, 6.07) is 59.8. The molecule has 0 saturated heterocycles. The van der Waals surface area contributed by atoms with Gasteiger partial charge in [0.2, 0.25) is 5.89 Å². The van der Waals surface area contributed by atoms with Crippen molar-refractivity contribution in [1.82, 2.24) is 4.98 Å². The summed E-state index contributed by atoms with van der Waals surface area (Å²) in [5.41, 5.74) is 12.1. The van der Waals surface area contributed by atoms with Crippen LogP contribution in [0.1, 0.15) is 0 Å². The maximum absolute atomic E-state index is 6.46. The highest BCUT2D eigenvalue weighted by Gasteiger charge is 2.30. The van der Waals surface area contributed by atoms with Gasteiger partial charge in [0.25, 0.3) is 0 Å². The molecule has 1 aliphatic rings. The molecular formula is C43H28N2O. The third-order valence-corrected chi connectivity index (χ3v) is 8.83. The highest BCUT2D eigenvalue weighted by molar-refractivity contribution is 6.17. The molecule has 0 radical (unpaired) electrons. The van der Waals surface area contributed by atoms with Crippen molar-refractivity contribution >= 4 is 27.8 Å². The van der Waals surface area contributed by atoms with Crippen LogP contribution in [0, 0.1) is 0 Å². The van der Waals surface area contributed by atoms with Crippen LogP contribution in [0.2, 0.25) is 0 Å². The number of fused-ring (bicyclic) bond motifs is 3. The monoisotopic (exact) mass is 588 g/mol. The summed E-state index contributed by atoms with van der Waals surface area (Å²) >= 11 is 0. The zero-order valence-electron chi connectivity index (χ0n) is 25.0. The van der Waals surface area contributed by atoms with Crippen molar-refractivity contribution in [3.8, 4) is 56.3 Å². The number of nitrogens with zero attached hydrogens (tertiary/aromatic N) is 2. The first-order chi connectivity index (χ1) is 22.8. The van der Waals surface area contributed by atoms with E-state index in [-0.39, 0.29) is 0 Å². The fraction of sp³-hybridized carbons (Fsp3) is 0. The molecule has 8 aromatic rings. The van der Waals surface area contributed by atoms with Crippen LogP contribution in [0.15, 0.2) is 174 Å². The summed E-state index contributed by atoms with van der Waals surface area (Å²) < 4.78 is 6.46. The smallest absolute Gasteiger partial charge is 0.227 e. The van der Waals surface area contributed by atoms with Crippen LogP contribution in [-0.4, -0.2) is 4.98 Å². The Bertz CT molecular complexity index is 2250. The Morgan fingerprint density at radius 2 is 0.978 bits per heavy atom. The van der Waals surface area contributed by atoms with Crippen molar-refractivity contribution in [2.45, 2.75) is 0 Å². The molecule has 1 aromatic heterocycles. The van der Waals surface area contributed by atoms with E-state index in [0.717, 1.165) is 50.6 Å². The maximum atomic E-state index is 6.46. The Labute approximate surface area is 267 Å². The van der Waals surface area contributed by atoms with Crippen LogP contribution in [0.5, 0.6) is 0 Å². The Morgan fingerprint density at radius 1 is 0.435 bits per heavy atom. The van der Waals surface area contributed by atoms with Gasteiger partial charge in [-0.15, -0.1) is 0 Å². The van der Waals surface area contributed by atoms with Gasteiger partial charge >= 0.3 is 0 Å². The van der Waals surface area contributed by atoms with E-state index in [1.165, 1.54) is 27.6 Å². The molecule has 0 fully saturated rings. The summed E-state index contributed by atoms with van der Waals surface area (Å²) in [5, 5.41) is 2.32. The molecule has 1 aliphatic carbocycles. The van der Waals surface area contributed by atoms with Crippen LogP contribution >= 0.6 is 0 Å². The predicted octanol–water partition coefficient (Wildman–Crippen LogP) is 11.9. The molecule has 0 N–H and O–H groups in total. The highest BCUT2D eigenvalue weighted by atomic mass is 16.4. The minimum absolute atomic E-state index is 0.648. The molecule has 7 aromatic carbocycles. The van der Waals surface area contributed by atoms with Gasteiger partial charge in [0, 0.05) is 38.8 Å². The minimum atomic E-state index is 0.648. The molecule has 1 heterocycles. The summed E-state index contributed by atoms with van der Waals surface area (Å²) in [6.45, 7) is 0. The van der Waals surface area contributed by atoms with Gasteiger partial charge in [-0.05, 0) is 70.8 Å². The van der Waals surface area contributed by atoms with E-state index in [2.05, 4.69) is 144 Å². The molecule has 9 rings (SSSR count). The van der Waals surface area contributed by atoms with E-state index in [0.29, 0.717) is 5.89 Å². The molecule has 46 heavy (non-hydrogen) atoms. The molecule has 0 bridgehead atoms. The molecule has 0 amide bonds. The third-order valence-electron chi connectivity index (χ3n) is 8.83. The van der Waals surface area contributed by atoms with E-state index in [1.54, 1.807) is 0 Å². The molecule has 0 unspecified atom stereocenters. The topological polar surface area (TPSA) is 29.3 Å². The lowest BCUT2D eigenvalue weighted by atomic mass is 9.99. The highest BCUT2D eigenvalue weighted by Crippen LogP contribution is 2.52. The second-order valence-electron chi connectivity index (χ2n) is 11.6. The van der Waals surface area contributed by atoms with Gasteiger partial charge in [0.1, 0.15) is 5.69 Å². The predicted molar refractivity (Wildman–Crippen MR) is 189 cm³/mol. The van der Waals surface area contributed by atoms with E-state index < -0.39 is 0 Å². The summed E-state index contributed by atoms with van der Waals surface area (Å²) in [6.07, 6.45) is 0. The fourth-order valence-corrected chi connectivity index (χ4v) is 6.70. The van der Waals surface area contributed by atoms with Crippen LogP contribution in [-0.2, 0) is 0 Å². The quantitative estimate of drug-likeness (QED) is 0.193. The molecule has 216 valence electrons. The van der Waals surface area contributed by atoms with Crippen LogP contribution in [0.4, 0.5) is 17.1 Å². The van der Waals surface area contributed by atoms with E-state index >= 15 is 0 Å². The fourth-order valence-electron chi connectivity index (χ4n) is 6.70. The Balaban J connectivity index is 1.24. The average Bonchev–Trinajstić information content (AvgIpc) is 3.70. The van der Waals surface area contributed by atoms with Crippen molar-refractivity contribution in [2.75, 3.05) is 4.90 Å². The lowest BCUT2D eigenvalue weighted by Gasteiger charge is -2.28. The number of oxazole rings is 1. The summed E-state index contributed by atoms with van der Waals surface area (Å²) in [4.78, 5) is 7.38. The number of rotatable bonds is 6. The first-order valence-electron chi connectivity index (χ1n) is 15.6. The first-order valence-corrected chi connectivity index (χ1v) is 15.6. The number of hydrogen-bond donors (Lipinski definition) is 0. The van der Waals surface area contributed by atoms with Gasteiger partial charge < -0.3 is 9.32 Å². The Hall–Kier alpha value is -6.19. The van der Waals surface area contributed by atoms with Gasteiger partial charge in [0.15, 0.2) is 5.76 Å². The number of aromatic nitrogens is 1. The second-order valence-corrected chi connectivity index (χ2v) is 11.6. The molecule has 0 atom stereocenters. The minimum Gasteiger partial charge on any atom is -0.435 e. The lowest BCUT2D eigenvalue weighted by molar-refractivity contribution is 0.590. The molecular weight excluding hydrogens is 560 g/mol. The van der Waals surface area contributed by atoms with E-state index in [4.69, 9.17) is 9.40 Å². The summed E-state index contributed by atoms with van der Waals surface area (Å²) in [5.74, 6) is 1.48. The van der Waals surface area contributed by atoms with Crippen molar-refractivity contribution in [2.24, 2.45) is 0 Å². The van der Waals surface area contributed by atoms with Gasteiger partial charge in [-0.2, -0.15) is 0 Å². The molecule has 0 aliphatic heterocycles. The Morgan fingerprint density at radius 3 is 1.59 bits per heavy atom. The molecule has 3 nitrogen and oxygen atoms in total. The van der Waals surface area contributed by atoms with Gasteiger partial charge in [-0.3, -0.25) is 0 Å². The largest absolute Gasteiger partial charge is 0.435 e. The maximum Gasteiger partial charge on any atom is 0.227 e. The zero-order valence-corrected chi connectivity index (χ0v) is 25.0. The molecule has 0 saturated carbocycles. The number of anilines is 3. The van der Waals surface area contributed by atoms with Crippen LogP contribution in [0.3, 0.4) is 0 Å². The van der Waals surface area contributed by atoms with Gasteiger partial charge in [-0.1, -0.05) is 121 Å². The van der Waals surface area contributed by atoms with Crippen molar-refractivity contribution in [3.63, 3.8) is 0 Å². The first kappa shape index (κ1) is 26.2. The average molecular weight is 589 g/mol. The zero-order chi connectivity index (χ0) is 30.5. The number of hydrogen-bond acceptors (Lipinski definition) is 3. The molecule has 3 heteroatoms. The Kier molecular flexibility index (Phi) is 6.14. The lowest BCUT2D eigenvalue weighted by Crippen LogP contribution is -2.11. The normalized spacial score (nSPS) is 11.5. The summed E-state index contributed by atoms with van der Waals surface area (Å²) in [7, 11) is 0. The van der Waals surface area contributed by atoms with Crippen molar-refractivity contribution in [3.05, 3.63) is 170 Å². The van der Waals surface area contributed by atoms with Crippen molar-refractivity contribution < 1.29 is 4.42 Å². The van der Waals surface area contributed by atoms with Gasteiger partial charge in [-0.25, -0.2) is 4.98 Å². The van der Waals surface area contributed by atoms with Crippen LogP contribution in [0.25, 0.3) is 67.1 Å². The third kappa shape index (κ3) is 4.33. The van der Waals surface area contributed by atoms with E-state index in [1.807, 2.05) is 30.3 Å². The number of benzene rings is 7. The van der Waals surface area contributed by atoms with Crippen LogP contribution < -0.4 is 4.90 Å². The van der Waals surface area contributed by atoms with E-state index in [9.17, 15) is 0 Å². The molecule has 0 spiro atoms. The van der Waals surface area contributed by atoms with Gasteiger partial charge in [0.05, 0.1) is 5.69 Å². The SMILES string of the molecule is c1ccc(-c2cccc(N(c3cccc(-c4ccccc4)c3)c3ccc4c5c(cccc35)-c3oc(-c5ccccc5)nc3-4)c2)cc1. The van der Waals surface area contributed by atoms with Crippen molar-refractivity contribution in [1.29, 1.82) is 0 Å². The standard InChI is InChI=1S/C43H28N2O/c1-4-13-29(14-5-1)32-19-10-21-34(27-32)45(35-22-11-20-33(28-35)30-15-6-2-7-16-30)39-26-25-37-40-36(39)23-12-24-38(40)42-41(37)44-43(46-42)31-17-8-3-9-18-31/h1-28H. The second kappa shape index (κ2) is 10.8.